The molecule has 3 aliphatic rings. The van der Waals surface area contributed by atoms with Gasteiger partial charge in [-0.25, -0.2) is 0 Å². The summed E-state index contributed by atoms with van der Waals surface area (Å²) in [5, 5.41) is 3.22. The summed E-state index contributed by atoms with van der Waals surface area (Å²) in [5.74, 6) is 0.286. The van der Waals surface area contributed by atoms with Crippen LogP contribution >= 0.6 is 0 Å². The second-order valence-electron chi connectivity index (χ2n) is 8.29. The van der Waals surface area contributed by atoms with Crippen molar-refractivity contribution in [1.82, 2.24) is 25.1 Å². The number of ether oxygens (including phenoxy) is 1. The van der Waals surface area contributed by atoms with Crippen LogP contribution in [0.1, 0.15) is 37.1 Å². The molecule has 152 valence electrons. The van der Waals surface area contributed by atoms with E-state index >= 15 is 0 Å². The smallest absolute Gasteiger partial charge is 0.253 e. The summed E-state index contributed by atoms with van der Waals surface area (Å²) in [4.78, 5) is 37.7. The van der Waals surface area contributed by atoms with Crippen LogP contribution in [0.25, 0.3) is 0 Å². The number of morpholine rings is 1. The molecule has 0 saturated carbocycles. The van der Waals surface area contributed by atoms with Crippen LogP contribution in [0.5, 0.6) is 0 Å². The first-order valence-electron chi connectivity index (χ1n) is 10.2. The third-order valence-corrected chi connectivity index (χ3v) is 6.27. The zero-order valence-corrected chi connectivity index (χ0v) is 16.5. The van der Waals surface area contributed by atoms with Crippen molar-refractivity contribution in [3.63, 3.8) is 0 Å². The van der Waals surface area contributed by atoms with E-state index in [1.165, 1.54) is 0 Å². The Morgan fingerprint density at radius 1 is 1.29 bits per heavy atom. The van der Waals surface area contributed by atoms with Gasteiger partial charge in [-0.15, -0.1) is 0 Å². The fourth-order valence-electron chi connectivity index (χ4n) is 4.48. The fraction of sp³-hybridized carbons (Fsp3) is 0.700. The first kappa shape index (κ1) is 19.3. The minimum absolute atomic E-state index is 0.0979. The van der Waals surface area contributed by atoms with Gasteiger partial charge in [-0.2, -0.15) is 0 Å². The highest BCUT2D eigenvalue weighted by molar-refractivity contribution is 5.81. The number of nitrogens with one attached hydrogen (secondary N) is 1. The van der Waals surface area contributed by atoms with E-state index < -0.39 is 0 Å². The Morgan fingerprint density at radius 3 is 2.79 bits per heavy atom. The molecule has 1 aromatic heterocycles. The molecule has 1 aromatic rings. The molecule has 3 fully saturated rings. The third-order valence-electron chi connectivity index (χ3n) is 6.27. The number of carbonyl (C=O) groups is 2. The summed E-state index contributed by atoms with van der Waals surface area (Å²) in [7, 11) is 0. The van der Waals surface area contributed by atoms with E-state index in [0.29, 0.717) is 26.1 Å². The molecule has 0 bridgehead atoms. The first-order valence-corrected chi connectivity index (χ1v) is 10.2. The van der Waals surface area contributed by atoms with Gasteiger partial charge in [0.25, 0.3) is 5.91 Å². The highest BCUT2D eigenvalue weighted by Crippen LogP contribution is 2.40. The Bertz CT molecular complexity index is 709. The van der Waals surface area contributed by atoms with Crippen molar-refractivity contribution in [3.8, 4) is 0 Å². The Hall–Kier alpha value is -2.06. The van der Waals surface area contributed by atoms with Crippen molar-refractivity contribution in [1.29, 1.82) is 0 Å². The fourth-order valence-corrected chi connectivity index (χ4v) is 4.48. The SMILES string of the molecule is Cc1cnc(CN2CC3(CCC2=O)CCN(C(=O)[C@H]2CNCCO2)CC3)cn1. The summed E-state index contributed by atoms with van der Waals surface area (Å²) in [6.07, 6.45) is 6.49. The Kier molecular flexibility index (Phi) is 5.59. The van der Waals surface area contributed by atoms with Crippen LogP contribution in [0.4, 0.5) is 0 Å². The number of aryl methyl sites for hydroxylation is 1. The van der Waals surface area contributed by atoms with E-state index in [0.717, 1.165) is 56.8 Å². The molecule has 4 rings (SSSR count). The van der Waals surface area contributed by atoms with Crippen molar-refractivity contribution in [2.45, 2.75) is 45.3 Å². The van der Waals surface area contributed by atoms with E-state index in [2.05, 4.69) is 15.3 Å². The van der Waals surface area contributed by atoms with E-state index in [-0.39, 0.29) is 23.3 Å². The number of rotatable bonds is 3. The molecule has 8 nitrogen and oxygen atoms in total. The highest BCUT2D eigenvalue weighted by atomic mass is 16.5. The van der Waals surface area contributed by atoms with Crippen LogP contribution in [0.3, 0.4) is 0 Å². The number of hydrogen-bond donors (Lipinski definition) is 1. The second-order valence-corrected chi connectivity index (χ2v) is 8.29. The summed E-state index contributed by atoms with van der Waals surface area (Å²) >= 11 is 0. The molecule has 0 radical (unpaired) electrons. The minimum atomic E-state index is -0.354. The van der Waals surface area contributed by atoms with Gasteiger partial charge in [0.05, 0.1) is 30.7 Å². The van der Waals surface area contributed by atoms with Crippen LogP contribution in [-0.2, 0) is 20.9 Å². The van der Waals surface area contributed by atoms with Crippen molar-refractivity contribution < 1.29 is 14.3 Å². The maximum Gasteiger partial charge on any atom is 0.253 e. The maximum atomic E-state index is 12.7. The third kappa shape index (κ3) is 4.17. The molecule has 0 unspecified atom stereocenters. The molecule has 0 aromatic carbocycles. The maximum absolute atomic E-state index is 12.7. The van der Waals surface area contributed by atoms with Crippen LogP contribution in [0, 0.1) is 12.3 Å². The number of piperidine rings is 2. The Balaban J connectivity index is 1.35. The molecule has 28 heavy (non-hydrogen) atoms. The van der Waals surface area contributed by atoms with Gasteiger partial charge in [0, 0.05) is 45.3 Å². The van der Waals surface area contributed by atoms with Gasteiger partial charge in [-0.1, -0.05) is 0 Å². The molecule has 3 saturated heterocycles. The molecule has 1 atom stereocenters. The van der Waals surface area contributed by atoms with E-state index in [1.807, 2.05) is 16.7 Å². The van der Waals surface area contributed by atoms with Gasteiger partial charge < -0.3 is 19.9 Å². The van der Waals surface area contributed by atoms with Crippen LogP contribution in [-0.4, -0.2) is 77.0 Å². The standard InChI is InChI=1S/C20H29N5O3/c1-15-10-23-16(11-22-15)13-25-14-20(3-2-18(25)26)4-7-24(8-5-20)19(27)17-12-21-6-9-28-17/h10-11,17,21H,2-9,12-14H2,1H3/t17-/m1/s1. The predicted octanol–water partition coefficient (Wildman–Crippen LogP) is 0.505. The summed E-state index contributed by atoms with van der Waals surface area (Å²) in [6.45, 7) is 6.63. The Labute approximate surface area is 165 Å². The second kappa shape index (κ2) is 8.13. The van der Waals surface area contributed by atoms with E-state index in [9.17, 15) is 9.59 Å². The molecule has 0 aliphatic carbocycles. The summed E-state index contributed by atoms with van der Waals surface area (Å²) in [5.41, 5.74) is 1.80. The van der Waals surface area contributed by atoms with Crippen molar-refractivity contribution in [2.24, 2.45) is 5.41 Å². The zero-order chi connectivity index (χ0) is 19.6. The average molecular weight is 387 g/mol. The number of nitrogens with zero attached hydrogens (tertiary/aromatic N) is 4. The Morgan fingerprint density at radius 2 is 2.11 bits per heavy atom. The van der Waals surface area contributed by atoms with Crippen LogP contribution in [0.15, 0.2) is 12.4 Å². The molecule has 1 spiro atoms. The van der Waals surface area contributed by atoms with Crippen LogP contribution in [0.2, 0.25) is 0 Å². The number of likely N-dealkylation sites (tertiary alicyclic amines) is 2. The largest absolute Gasteiger partial charge is 0.366 e. The lowest BCUT2D eigenvalue weighted by atomic mass is 9.72. The zero-order valence-electron chi connectivity index (χ0n) is 16.5. The predicted molar refractivity (Wildman–Crippen MR) is 102 cm³/mol. The van der Waals surface area contributed by atoms with Gasteiger partial charge in [0.15, 0.2) is 0 Å². The number of amides is 2. The molecule has 8 heteroatoms. The number of aromatic nitrogens is 2. The van der Waals surface area contributed by atoms with Crippen molar-refractivity contribution in [3.05, 3.63) is 23.8 Å². The number of hydrogen-bond acceptors (Lipinski definition) is 6. The van der Waals surface area contributed by atoms with Gasteiger partial charge >= 0.3 is 0 Å². The van der Waals surface area contributed by atoms with Crippen molar-refractivity contribution >= 4 is 11.8 Å². The van der Waals surface area contributed by atoms with Gasteiger partial charge in [0.1, 0.15) is 6.10 Å². The lowest BCUT2D eigenvalue weighted by Crippen LogP contribution is -2.55. The van der Waals surface area contributed by atoms with Gasteiger partial charge in [0.2, 0.25) is 5.91 Å². The lowest BCUT2D eigenvalue weighted by Gasteiger charge is -2.47. The lowest BCUT2D eigenvalue weighted by molar-refractivity contribution is -0.150. The van der Waals surface area contributed by atoms with Crippen LogP contribution < -0.4 is 5.32 Å². The van der Waals surface area contributed by atoms with E-state index in [4.69, 9.17) is 4.74 Å². The van der Waals surface area contributed by atoms with Gasteiger partial charge in [-0.05, 0) is 31.6 Å². The molecule has 2 amide bonds. The van der Waals surface area contributed by atoms with Crippen molar-refractivity contribution in [2.75, 3.05) is 39.3 Å². The quantitative estimate of drug-likeness (QED) is 0.813. The summed E-state index contributed by atoms with van der Waals surface area (Å²) < 4.78 is 5.62. The highest BCUT2D eigenvalue weighted by Gasteiger charge is 2.42. The average Bonchev–Trinajstić information content (AvgIpc) is 2.73. The molecule has 1 N–H and O–H groups in total. The topological polar surface area (TPSA) is 87.7 Å². The molecule has 4 heterocycles. The monoisotopic (exact) mass is 387 g/mol. The normalized spacial score (nSPS) is 25.2. The molecular formula is C20H29N5O3. The number of carbonyl (C=O) groups excluding carboxylic acids is 2. The first-order chi connectivity index (χ1) is 13.5. The molecular weight excluding hydrogens is 358 g/mol. The van der Waals surface area contributed by atoms with Gasteiger partial charge in [-0.3, -0.25) is 19.6 Å². The van der Waals surface area contributed by atoms with E-state index in [1.54, 1.807) is 12.4 Å². The minimum Gasteiger partial charge on any atom is -0.366 e. The summed E-state index contributed by atoms with van der Waals surface area (Å²) in [6, 6.07) is 0. The molecule has 3 aliphatic heterocycles.